The van der Waals surface area contributed by atoms with E-state index in [1.807, 2.05) is 13.8 Å². The fraction of sp³-hybridized carbons (Fsp3) is 0.636. The molecule has 0 saturated heterocycles. The Labute approximate surface area is 103 Å². The van der Waals surface area contributed by atoms with Gasteiger partial charge in [0.05, 0.1) is 6.42 Å². The molecule has 0 unspecified atom stereocenters. The van der Waals surface area contributed by atoms with Gasteiger partial charge in [-0.1, -0.05) is 13.8 Å². The predicted molar refractivity (Wildman–Crippen MR) is 61.0 cm³/mol. The van der Waals surface area contributed by atoms with Gasteiger partial charge in [0.2, 0.25) is 5.91 Å². The van der Waals surface area contributed by atoms with Crippen molar-refractivity contribution in [3.8, 4) is 0 Å². The van der Waals surface area contributed by atoms with E-state index in [1.54, 1.807) is 6.07 Å². The molecule has 0 spiro atoms. The van der Waals surface area contributed by atoms with Crippen molar-refractivity contribution < 1.29 is 18.0 Å². The van der Waals surface area contributed by atoms with E-state index in [0.717, 1.165) is 12.1 Å². The highest BCUT2D eigenvalue weighted by Crippen LogP contribution is 2.21. The van der Waals surface area contributed by atoms with Crippen LogP contribution in [0.2, 0.25) is 0 Å². The topological polar surface area (TPSA) is 57.8 Å². The maximum Gasteiger partial charge on any atom is 0.389 e. The van der Waals surface area contributed by atoms with Crippen molar-refractivity contribution in [3.63, 3.8) is 0 Å². The minimum absolute atomic E-state index is 0.262. The molecule has 0 bridgehead atoms. The van der Waals surface area contributed by atoms with Gasteiger partial charge in [0.1, 0.15) is 0 Å². The van der Waals surface area contributed by atoms with Crippen LogP contribution in [0, 0.1) is 5.92 Å². The van der Waals surface area contributed by atoms with Gasteiger partial charge in [0, 0.05) is 18.2 Å². The third kappa shape index (κ3) is 5.70. The standard InChI is InChI=1S/C11H16F3N3O/c1-7(2)5-8-6-9(17-16-8)15-10(18)3-4-11(12,13)14/h6-7H,3-5H2,1-2H3,(H2,15,16,17,18). The number of hydrogen-bond acceptors (Lipinski definition) is 2. The molecule has 1 heterocycles. The lowest BCUT2D eigenvalue weighted by Crippen LogP contribution is -2.16. The second-order valence-electron chi connectivity index (χ2n) is 4.54. The first-order valence-electron chi connectivity index (χ1n) is 5.67. The van der Waals surface area contributed by atoms with Crippen molar-refractivity contribution >= 4 is 11.7 Å². The molecular formula is C11H16F3N3O. The molecule has 0 radical (unpaired) electrons. The van der Waals surface area contributed by atoms with Crippen LogP contribution in [0.25, 0.3) is 0 Å². The number of amides is 1. The van der Waals surface area contributed by atoms with E-state index in [2.05, 4.69) is 15.5 Å². The van der Waals surface area contributed by atoms with Crippen molar-refractivity contribution in [1.82, 2.24) is 10.2 Å². The Kier molecular flexibility index (Phi) is 4.75. The van der Waals surface area contributed by atoms with Crippen molar-refractivity contribution in [1.29, 1.82) is 0 Å². The third-order valence-corrected chi connectivity index (χ3v) is 2.16. The molecule has 102 valence electrons. The Morgan fingerprint density at radius 2 is 2.17 bits per heavy atom. The number of alkyl halides is 3. The van der Waals surface area contributed by atoms with Gasteiger partial charge in [-0.05, 0) is 12.3 Å². The summed E-state index contributed by atoms with van der Waals surface area (Å²) in [6.45, 7) is 4.06. The predicted octanol–water partition coefficient (Wildman–Crippen LogP) is 2.89. The zero-order valence-electron chi connectivity index (χ0n) is 10.3. The van der Waals surface area contributed by atoms with E-state index in [4.69, 9.17) is 0 Å². The highest BCUT2D eigenvalue weighted by molar-refractivity contribution is 5.89. The molecular weight excluding hydrogens is 247 g/mol. The largest absolute Gasteiger partial charge is 0.389 e. The molecule has 0 aliphatic carbocycles. The molecule has 1 aromatic heterocycles. The van der Waals surface area contributed by atoms with E-state index in [9.17, 15) is 18.0 Å². The molecule has 7 heteroatoms. The number of nitrogens with zero attached hydrogens (tertiary/aromatic N) is 1. The van der Waals surface area contributed by atoms with Crippen molar-refractivity contribution in [2.24, 2.45) is 5.92 Å². The molecule has 1 aromatic rings. The van der Waals surface area contributed by atoms with Gasteiger partial charge < -0.3 is 5.32 Å². The maximum atomic E-state index is 11.9. The molecule has 0 fully saturated rings. The van der Waals surface area contributed by atoms with Gasteiger partial charge in [0.25, 0.3) is 0 Å². The van der Waals surface area contributed by atoms with E-state index in [1.165, 1.54) is 0 Å². The second-order valence-corrected chi connectivity index (χ2v) is 4.54. The summed E-state index contributed by atoms with van der Waals surface area (Å²) in [6.07, 6.45) is -5.25. The number of hydrogen-bond donors (Lipinski definition) is 2. The molecule has 0 saturated carbocycles. The van der Waals surface area contributed by atoms with Gasteiger partial charge in [-0.15, -0.1) is 0 Å². The van der Waals surface area contributed by atoms with Gasteiger partial charge in [-0.2, -0.15) is 18.3 Å². The normalized spacial score (nSPS) is 11.9. The summed E-state index contributed by atoms with van der Waals surface area (Å²) < 4.78 is 35.7. The first-order valence-corrected chi connectivity index (χ1v) is 5.67. The summed E-state index contributed by atoms with van der Waals surface area (Å²) >= 11 is 0. The van der Waals surface area contributed by atoms with Crippen molar-refractivity contribution in [2.75, 3.05) is 5.32 Å². The lowest BCUT2D eigenvalue weighted by atomic mass is 10.1. The fourth-order valence-corrected chi connectivity index (χ4v) is 1.43. The summed E-state index contributed by atoms with van der Waals surface area (Å²) in [4.78, 5) is 11.2. The van der Waals surface area contributed by atoms with Crippen LogP contribution in [0.4, 0.5) is 19.0 Å². The summed E-state index contributed by atoms with van der Waals surface area (Å²) in [5, 5.41) is 8.87. The maximum absolute atomic E-state index is 11.9. The van der Waals surface area contributed by atoms with Crippen LogP contribution in [-0.2, 0) is 11.2 Å². The van der Waals surface area contributed by atoms with E-state index < -0.39 is 24.9 Å². The quantitative estimate of drug-likeness (QED) is 0.858. The van der Waals surface area contributed by atoms with E-state index in [-0.39, 0.29) is 5.82 Å². The highest BCUT2D eigenvalue weighted by atomic mass is 19.4. The summed E-state index contributed by atoms with van der Waals surface area (Å²) in [7, 11) is 0. The Morgan fingerprint density at radius 3 is 2.72 bits per heavy atom. The van der Waals surface area contributed by atoms with Crippen LogP contribution in [0.3, 0.4) is 0 Å². The van der Waals surface area contributed by atoms with Gasteiger partial charge in [-0.25, -0.2) is 0 Å². The van der Waals surface area contributed by atoms with Gasteiger partial charge in [-0.3, -0.25) is 9.89 Å². The lowest BCUT2D eigenvalue weighted by molar-refractivity contribution is -0.142. The monoisotopic (exact) mass is 263 g/mol. The fourth-order valence-electron chi connectivity index (χ4n) is 1.43. The van der Waals surface area contributed by atoms with Crippen LogP contribution in [-0.4, -0.2) is 22.3 Å². The number of H-pyrrole nitrogens is 1. The first-order chi connectivity index (χ1) is 8.26. The summed E-state index contributed by atoms with van der Waals surface area (Å²) in [5.41, 5.74) is 0.844. The zero-order valence-corrected chi connectivity index (χ0v) is 10.3. The average Bonchev–Trinajstić information content (AvgIpc) is 2.60. The van der Waals surface area contributed by atoms with Crippen molar-refractivity contribution in [3.05, 3.63) is 11.8 Å². The van der Waals surface area contributed by atoms with Gasteiger partial charge >= 0.3 is 6.18 Å². The smallest absolute Gasteiger partial charge is 0.309 e. The van der Waals surface area contributed by atoms with E-state index >= 15 is 0 Å². The van der Waals surface area contributed by atoms with Crippen LogP contribution in [0.1, 0.15) is 32.4 Å². The molecule has 1 rings (SSSR count). The molecule has 1 amide bonds. The van der Waals surface area contributed by atoms with Crippen LogP contribution in [0.5, 0.6) is 0 Å². The Morgan fingerprint density at radius 1 is 1.50 bits per heavy atom. The number of nitrogens with one attached hydrogen (secondary N) is 2. The highest BCUT2D eigenvalue weighted by Gasteiger charge is 2.27. The molecule has 0 atom stereocenters. The summed E-state index contributed by atoms with van der Waals surface area (Å²) in [5.74, 6) is 0.00646. The molecule has 18 heavy (non-hydrogen) atoms. The Bertz CT molecular complexity index is 398. The number of aromatic nitrogens is 2. The lowest BCUT2D eigenvalue weighted by Gasteiger charge is -2.05. The molecule has 0 aliphatic rings. The minimum atomic E-state index is -4.31. The zero-order chi connectivity index (χ0) is 13.8. The molecule has 0 aliphatic heterocycles. The van der Waals surface area contributed by atoms with E-state index in [0.29, 0.717) is 5.92 Å². The molecule has 2 N–H and O–H groups in total. The minimum Gasteiger partial charge on any atom is -0.309 e. The second kappa shape index (κ2) is 5.88. The first kappa shape index (κ1) is 14.5. The average molecular weight is 263 g/mol. The number of aromatic amines is 1. The SMILES string of the molecule is CC(C)Cc1cc(NC(=O)CCC(F)(F)F)n[nH]1. The number of rotatable bonds is 5. The summed E-state index contributed by atoms with van der Waals surface area (Å²) in [6, 6.07) is 1.63. The third-order valence-electron chi connectivity index (χ3n) is 2.16. The van der Waals surface area contributed by atoms with Crippen LogP contribution < -0.4 is 5.32 Å². The number of carbonyl (C=O) groups excluding carboxylic acids is 1. The Hall–Kier alpha value is -1.53. The number of halogens is 3. The van der Waals surface area contributed by atoms with Crippen LogP contribution in [0.15, 0.2) is 6.07 Å². The van der Waals surface area contributed by atoms with Crippen molar-refractivity contribution in [2.45, 2.75) is 39.3 Å². The molecule has 0 aromatic carbocycles. The number of anilines is 1. The number of carbonyl (C=O) groups is 1. The molecule has 4 nitrogen and oxygen atoms in total. The Balaban J connectivity index is 2.42. The van der Waals surface area contributed by atoms with Gasteiger partial charge in [0.15, 0.2) is 5.82 Å². The van der Waals surface area contributed by atoms with Crippen LogP contribution >= 0.6 is 0 Å².